The summed E-state index contributed by atoms with van der Waals surface area (Å²) in [5.74, 6) is 1.08. The predicted octanol–water partition coefficient (Wildman–Crippen LogP) is 3.38. The van der Waals surface area contributed by atoms with E-state index in [1.54, 1.807) is 19.2 Å². The molecule has 0 saturated heterocycles. The van der Waals surface area contributed by atoms with Crippen LogP contribution in [0.2, 0.25) is 0 Å². The van der Waals surface area contributed by atoms with Crippen molar-refractivity contribution in [2.24, 2.45) is 0 Å². The van der Waals surface area contributed by atoms with Crippen LogP contribution in [0.5, 0.6) is 11.5 Å². The second-order valence-corrected chi connectivity index (χ2v) is 3.75. The van der Waals surface area contributed by atoms with E-state index in [2.05, 4.69) is 0 Å². The summed E-state index contributed by atoms with van der Waals surface area (Å²) < 4.78 is 5.31. The first kappa shape index (κ1) is 10.6. The van der Waals surface area contributed by atoms with Crippen molar-refractivity contribution in [1.29, 1.82) is 0 Å². The van der Waals surface area contributed by atoms with Crippen LogP contribution in [0.1, 0.15) is 5.56 Å². The van der Waals surface area contributed by atoms with Crippen molar-refractivity contribution >= 4 is 0 Å². The van der Waals surface area contributed by atoms with Gasteiger partial charge in [0.1, 0.15) is 11.5 Å². The van der Waals surface area contributed by atoms with Gasteiger partial charge in [-0.1, -0.05) is 23.8 Å². The van der Waals surface area contributed by atoms with Gasteiger partial charge >= 0.3 is 0 Å². The van der Waals surface area contributed by atoms with Gasteiger partial charge in [-0.25, -0.2) is 0 Å². The van der Waals surface area contributed by atoms with E-state index in [4.69, 9.17) is 4.74 Å². The Morgan fingerprint density at radius 3 is 2.56 bits per heavy atom. The lowest BCUT2D eigenvalue weighted by atomic mass is 10.0. The fraction of sp³-hybridized carbons (Fsp3) is 0.143. The maximum atomic E-state index is 9.47. The van der Waals surface area contributed by atoms with Gasteiger partial charge < -0.3 is 9.84 Å². The normalized spacial score (nSPS) is 10.1. The van der Waals surface area contributed by atoms with Gasteiger partial charge in [0.05, 0.1) is 7.11 Å². The Bertz CT molecular complexity index is 504. The van der Waals surface area contributed by atoms with E-state index in [0.29, 0.717) is 0 Å². The van der Waals surface area contributed by atoms with E-state index in [0.717, 1.165) is 16.9 Å². The van der Waals surface area contributed by atoms with Crippen molar-refractivity contribution < 1.29 is 9.84 Å². The summed E-state index contributed by atoms with van der Waals surface area (Å²) in [5, 5.41) is 9.47. The van der Waals surface area contributed by atoms with Crippen molar-refractivity contribution in [2.45, 2.75) is 6.92 Å². The number of aryl methyl sites for hydroxylation is 1. The van der Waals surface area contributed by atoms with Gasteiger partial charge in [0.15, 0.2) is 0 Å². The highest BCUT2D eigenvalue weighted by Crippen LogP contribution is 2.32. The molecule has 0 unspecified atom stereocenters. The topological polar surface area (TPSA) is 29.5 Å². The molecule has 2 nitrogen and oxygen atoms in total. The zero-order valence-corrected chi connectivity index (χ0v) is 9.40. The Kier molecular flexibility index (Phi) is 2.82. The molecule has 0 aliphatic rings. The molecule has 0 saturated carbocycles. The van der Waals surface area contributed by atoms with E-state index in [-0.39, 0.29) is 5.75 Å². The van der Waals surface area contributed by atoms with E-state index < -0.39 is 0 Å². The van der Waals surface area contributed by atoms with Gasteiger partial charge in [0.25, 0.3) is 0 Å². The van der Waals surface area contributed by atoms with Crippen molar-refractivity contribution in [3.63, 3.8) is 0 Å². The highest BCUT2D eigenvalue weighted by Gasteiger charge is 2.06. The molecule has 0 aromatic heterocycles. The first-order valence-corrected chi connectivity index (χ1v) is 5.15. The SMILES string of the molecule is COc1ccc(C)cc1-c1cccc(O)c1. The summed E-state index contributed by atoms with van der Waals surface area (Å²) in [7, 11) is 1.65. The Labute approximate surface area is 95.1 Å². The van der Waals surface area contributed by atoms with Crippen molar-refractivity contribution in [3.8, 4) is 22.6 Å². The van der Waals surface area contributed by atoms with Crippen LogP contribution in [0.4, 0.5) is 0 Å². The monoisotopic (exact) mass is 214 g/mol. The van der Waals surface area contributed by atoms with Crippen LogP contribution < -0.4 is 4.74 Å². The minimum absolute atomic E-state index is 0.265. The molecule has 0 bridgehead atoms. The molecule has 0 spiro atoms. The fourth-order valence-electron chi connectivity index (χ4n) is 1.72. The Balaban J connectivity index is 2.58. The number of benzene rings is 2. The maximum Gasteiger partial charge on any atom is 0.126 e. The molecule has 2 aromatic rings. The number of rotatable bonds is 2. The molecule has 0 atom stereocenters. The van der Waals surface area contributed by atoms with E-state index >= 15 is 0 Å². The van der Waals surface area contributed by atoms with Crippen LogP contribution >= 0.6 is 0 Å². The minimum Gasteiger partial charge on any atom is -0.508 e. The lowest BCUT2D eigenvalue weighted by Gasteiger charge is -2.09. The van der Waals surface area contributed by atoms with E-state index in [1.165, 1.54) is 5.56 Å². The van der Waals surface area contributed by atoms with Gasteiger partial charge in [-0.3, -0.25) is 0 Å². The summed E-state index contributed by atoms with van der Waals surface area (Å²) in [4.78, 5) is 0. The van der Waals surface area contributed by atoms with Crippen molar-refractivity contribution in [3.05, 3.63) is 48.0 Å². The molecule has 0 fully saturated rings. The molecule has 0 aliphatic heterocycles. The molecular formula is C14H14O2. The van der Waals surface area contributed by atoms with Crippen LogP contribution in [0.25, 0.3) is 11.1 Å². The number of ether oxygens (including phenoxy) is 1. The predicted molar refractivity (Wildman–Crippen MR) is 64.8 cm³/mol. The van der Waals surface area contributed by atoms with E-state index in [9.17, 15) is 5.11 Å². The van der Waals surface area contributed by atoms with Crippen LogP contribution in [0.15, 0.2) is 42.5 Å². The van der Waals surface area contributed by atoms with Crippen LogP contribution in [0.3, 0.4) is 0 Å². The molecular weight excluding hydrogens is 200 g/mol. The van der Waals surface area contributed by atoms with Crippen molar-refractivity contribution in [1.82, 2.24) is 0 Å². The molecule has 1 N–H and O–H groups in total. The third-order valence-corrected chi connectivity index (χ3v) is 2.51. The fourth-order valence-corrected chi connectivity index (χ4v) is 1.72. The average Bonchev–Trinajstić information content (AvgIpc) is 2.29. The third-order valence-electron chi connectivity index (χ3n) is 2.51. The van der Waals surface area contributed by atoms with Gasteiger partial charge in [-0.15, -0.1) is 0 Å². The summed E-state index contributed by atoms with van der Waals surface area (Å²) in [6.45, 7) is 2.03. The molecule has 16 heavy (non-hydrogen) atoms. The zero-order valence-electron chi connectivity index (χ0n) is 9.40. The summed E-state index contributed by atoms with van der Waals surface area (Å²) in [6.07, 6.45) is 0. The summed E-state index contributed by atoms with van der Waals surface area (Å²) >= 11 is 0. The quantitative estimate of drug-likeness (QED) is 0.830. The highest BCUT2D eigenvalue weighted by molar-refractivity contribution is 5.72. The average molecular weight is 214 g/mol. The molecule has 0 aliphatic carbocycles. The van der Waals surface area contributed by atoms with E-state index in [1.807, 2.05) is 37.3 Å². The van der Waals surface area contributed by atoms with Gasteiger partial charge in [0, 0.05) is 5.56 Å². The van der Waals surface area contributed by atoms with Crippen LogP contribution in [-0.2, 0) is 0 Å². The van der Waals surface area contributed by atoms with Gasteiger partial charge in [-0.05, 0) is 36.8 Å². The molecule has 0 amide bonds. The first-order valence-electron chi connectivity index (χ1n) is 5.15. The lowest BCUT2D eigenvalue weighted by Crippen LogP contribution is -1.88. The highest BCUT2D eigenvalue weighted by atomic mass is 16.5. The van der Waals surface area contributed by atoms with Crippen molar-refractivity contribution in [2.75, 3.05) is 7.11 Å². The smallest absolute Gasteiger partial charge is 0.126 e. The van der Waals surface area contributed by atoms with Gasteiger partial charge in [0.2, 0.25) is 0 Å². The van der Waals surface area contributed by atoms with Crippen LogP contribution in [-0.4, -0.2) is 12.2 Å². The molecule has 82 valence electrons. The molecule has 2 heteroatoms. The number of phenolic OH excluding ortho intramolecular Hbond substituents is 1. The third kappa shape index (κ3) is 2.01. The largest absolute Gasteiger partial charge is 0.508 e. The summed E-state index contributed by atoms with van der Waals surface area (Å²) in [6, 6.07) is 13.2. The minimum atomic E-state index is 0.265. The summed E-state index contributed by atoms with van der Waals surface area (Å²) in [5.41, 5.74) is 3.12. The molecule has 0 radical (unpaired) electrons. The standard InChI is InChI=1S/C14H14O2/c1-10-6-7-14(16-2)13(8-10)11-4-3-5-12(15)9-11/h3-9,15H,1-2H3. The Morgan fingerprint density at radius 2 is 1.88 bits per heavy atom. The second-order valence-electron chi connectivity index (χ2n) is 3.75. The number of hydrogen-bond acceptors (Lipinski definition) is 2. The van der Waals surface area contributed by atoms with Gasteiger partial charge in [-0.2, -0.15) is 0 Å². The van der Waals surface area contributed by atoms with Crippen LogP contribution in [0, 0.1) is 6.92 Å². The number of phenols is 1. The maximum absolute atomic E-state index is 9.47. The lowest BCUT2D eigenvalue weighted by molar-refractivity contribution is 0.416. The molecule has 2 rings (SSSR count). The number of aromatic hydroxyl groups is 1. The zero-order chi connectivity index (χ0) is 11.5. The molecule has 2 aromatic carbocycles. The number of hydrogen-bond donors (Lipinski definition) is 1. The number of methoxy groups -OCH3 is 1. The second kappa shape index (κ2) is 4.27. The Hall–Kier alpha value is -1.96. The first-order chi connectivity index (χ1) is 7.70. The molecule has 0 heterocycles. The Morgan fingerprint density at radius 1 is 1.06 bits per heavy atom.